The van der Waals surface area contributed by atoms with E-state index in [1.54, 1.807) is 24.1 Å². The van der Waals surface area contributed by atoms with E-state index in [0.29, 0.717) is 60.8 Å². The fourth-order valence-electron chi connectivity index (χ4n) is 5.73. The largest absolute Gasteiger partial charge is 0.359 e. The molecule has 1 spiro atoms. The highest BCUT2D eigenvalue weighted by Crippen LogP contribution is 2.51. The monoisotopic (exact) mass is 560 g/mol. The zero-order chi connectivity index (χ0) is 27.7. The van der Waals surface area contributed by atoms with Gasteiger partial charge in [-0.25, -0.2) is 18.0 Å². The quantitative estimate of drug-likeness (QED) is 0.402. The van der Waals surface area contributed by atoms with Gasteiger partial charge < -0.3 is 24.6 Å². The Bertz CT molecular complexity index is 1440. The maximum Gasteiger partial charge on any atom is 0.322 e. The van der Waals surface area contributed by atoms with Crippen LogP contribution in [-0.2, 0) is 16.0 Å². The van der Waals surface area contributed by atoms with E-state index in [1.165, 1.54) is 11.1 Å². The predicted octanol–water partition coefficient (Wildman–Crippen LogP) is 3.93. The molecule has 0 bridgehead atoms. The van der Waals surface area contributed by atoms with Crippen molar-refractivity contribution in [2.45, 2.75) is 68.3 Å². The van der Waals surface area contributed by atoms with Crippen molar-refractivity contribution in [1.29, 1.82) is 0 Å². The molecule has 0 atom stereocenters. The van der Waals surface area contributed by atoms with Gasteiger partial charge in [0, 0.05) is 38.4 Å². The Morgan fingerprint density at radius 3 is 2.65 bits per heavy atom. The van der Waals surface area contributed by atoms with E-state index in [0.717, 1.165) is 18.2 Å². The lowest BCUT2D eigenvalue weighted by atomic mass is 9.97. The minimum Gasteiger partial charge on any atom is -0.359 e. The second kappa shape index (κ2) is 9.06. The van der Waals surface area contributed by atoms with Gasteiger partial charge >= 0.3 is 6.03 Å². The molecule has 2 amide bonds. The van der Waals surface area contributed by atoms with Crippen LogP contribution in [0.2, 0.25) is 0 Å². The van der Waals surface area contributed by atoms with Crippen LogP contribution in [0.3, 0.4) is 0 Å². The molecule has 0 radical (unpaired) electrons. The molecule has 3 aromatic heterocycles. The number of halogens is 3. The van der Waals surface area contributed by atoms with Gasteiger partial charge in [0.05, 0.1) is 47.7 Å². The average molecular weight is 561 g/mol. The van der Waals surface area contributed by atoms with Crippen LogP contribution >= 0.6 is 0 Å². The lowest BCUT2D eigenvalue weighted by molar-refractivity contribution is -0.0796. The Hall–Kier alpha value is -3.39. The van der Waals surface area contributed by atoms with Crippen molar-refractivity contribution >= 4 is 28.4 Å². The fourth-order valence-corrected chi connectivity index (χ4v) is 5.73. The molecule has 2 aliphatic heterocycles. The number of amides is 2. The van der Waals surface area contributed by atoms with Gasteiger partial charge in [-0.1, -0.05) is 0 Å². The van der Waals surface area contributed by atoms with E-state index < -0.39 is 29.7 Å². The molecular formula is C26H31F3N8O3. The van der Waals surface area contributed by atoms with Crippen molar-refractivity contribution in [3.63, 3.8) is 0 Å². The highest BCUT2D eigenvalue weighted by atomic mass is 19.3. The first-order valence-electron chi connectivity index (χ1n) is 13.6. The number of carbonyl (C=O) groups excluding carboxylic acids is 1. The van der Waals surface area contributed by atoms with Gasteiger partial charge in [-0.2, -0.15) is 10.2 Å². The number of ether oxygens (including phenoxy) is 2. The molecule has 2 N–H and O–H groups in total. The first-order valence-corrected chi connectivity index (χ1v) is 13.6. The molecule has 11 nitrogen and oxygen atoms in total. The van der Waals surface area contributed by atoms with E-state index in [4.69, 9.17) is 14.6 Å². The molecule has 2 saturated carbocycles. The van der Waals surface area contributed by atoms with Crippen molar-refractivity contribution in [2.24, 2.45) is 0 Å². The van der Waals surface area contributed by atoms with Crippen LogP contribution in [0.4, 0.5) is 29.5 Å². The Morgan fingerprint density at radius 2 is 1.93 bits per heavy atom. The number of carbonyl (C=O) groups is 1. The Labute approximate surface area is 228 Å². The summed E-state index contributed by atoms with van der Waals surface area (Å²) in [6.07, 6.45) is 5.67. The van der Waals surface area contributed by atoms with Crippen molar-refractivity contribution in [3.05, 3.63) is 18.5 Å². The van der Waals surface area contributed by atoms with Crippen LogP contribution in [0.1, 0.15) is 38.5 Å². The number of nitrogens with one attached hydrogen (secondary N) is 2. The molecule has 0 unspecified atom stereocenters. The first-order chi connectivity index (χ1) is 19.2. The third kappa shape index (κ3) is 4.56. The van der Waals surface area contributed by atoms with Crippen molar-refractivity contribution in [3.8, 4) is 11.4 Å². The standard InChI is InChI=1S/C26H31F3N8O3/c1-39-15-40-16-11-35(12-16)22-17-9-30-18(8-20(17)37(34-22)13-24(27)2-3-24)21-19(10-31-33-21)32-23(38)36-14-26(28,29)7-6-25(36)4-5-25/h8-10,16H,2-7,11-15H2,1H3,(H,31,33)(H,32,38). The Kier molecular flexibility index (Phi) is 5.79. The summed E-state index contributed by atoms with van der Waals surface area (Å²) in [7, 11) is 1.58. The molecule has 0 aromatic carbocycles. The predicted molar refractivity (Wildman–Crippen MR) is 139 cm³/mol. The summed E-state index contributed by atoms with van der Waals surface area (Å²) in [5, 5.41) is 15.2. The number of hydrogen-bond acceptors (Lipinski definition) is 7. The van der Waals surface area contributed by atoms with Crippen LogP contribution in [-0.4, -0.2) is 92.7 Å². The number of alkyl halides is 3. The molecule has 214 valence electrons. The third-order valence-corrected chi connectivity index (χ3v) is 8.54. The van der Waals surface area contributed by atoms with Gasteiger partial charge in [-0.15, -0.1) is 0 Å². The maximum absolute atomic E-state index is 14.9. The van der Waals surface area contributed by atoms with Gasteiger partial charge in [-0.05, 0) is 38.2 Å². The van der Waals surface area contributed by atoms with Crippen LogP contribution < -0.4 is 10.2 Å². The topological polar surface area (TPSA) is 113 Å². The molecule has 2 saturated heterocycles. The van der Waals surface area contributed by atoms with Crippen LogP contribution in [0, 0.1) is 0 Å². The van der Waals surface area contributed by atoms with E-state index in [9.17, 15) is 18.0 Å². The summed E-state index contributed by atoms with van der Waals surface area (Å²) < 4.78 is 55.5. The van der Waals surface area contributed by atoms with Crippen LogP contribution in [0.25, 0.3) is 22.3 Å². The van der Waals surface area contributed by atoms with E-state index in [1.807, 2.05) is 0 Å². The van der Waals surface area contributed by atoms with Crippen LogP contribution in [0.5, 0.6) is 0 Å². The summed E-state index contributed by atoms with van der Waals surface area (Å²) in [5.74, 6) is -2.20. The fraction of sp³-hybridized carbons (Fsp3) is 0.615. The summed E-state index contributed by atoms with van der Waals surface area (Å²) in [5.41, 5.74) is 0.165. The van der Waals surface area contributed by atoms with Crippen molar-refractivity contribution in [2.75, 3.05) is 43.8 Å². The zero-order valence-corrected chi connectivity index (χ0v) is 22.1. The number of aromatic amines is 1. The molecule has 14 heteroatoms. The van der Waals surface area contributed by atoms with Crippen LogP contribution in [0.15, 0.2) is 18.5 Å². The summed E-state index contributed by atoms with van der Waals surface area (Å²) in [4.78, 5) is 21.1. The highest BCUT2D eigenvalue weighted by molar-refractivity contribution is 5.96. The van der Waals surface area contributed by atoms with Gasteiger partial charge in [-0.3, -0.25) is 14.8 Å². The SMILES string of the molecule is COCOC1CN(c2nn(CC3(F)CC3)c3cc(-c4[nH]ncc4NC(=O)N4CC(F)(F)CCC45CC5)ncc23)C1. The van der Waals surface area contributed by atoms with Gasteiger partial charge in [0.15, 0.2) is 5.82 Å². The molecule has 4 fully saturated rings. The number of likely N-dealkylation sites (tertiary alicyclic amines) is 1. The number of nitrogens with zero attached hydrogens (tertiary/aromatic N) is 6. The highest BCUT2D eigenvalue weighted by Gasteiger charge is 2.57. The lowest BCUT2D eigenvalue weighted by Gasteiger charge is -2.40. The lowest BCUT2D eigenvalue weighted by Crippen LogP contribution is -2.54. The van der Waals surface area contributed by atoms with Gasteiger partial charge in [0.2, 0.25) is 0 Å². The van der Waals surface area contributed by atoms with Crippen molar-refractivity contribution < 1.29 is 27.4 Å². The molecule has 7 rings (SSSR count). The minimum atomic E-state index is -2.91. The first kappa shape index (κ1) is 25.6. The number of urea groups is 1. The zero-order valence-electron chi connectivity index (χ0n) is 22.1. The van der Waals surface area contributed by atoms with Gasteiger partial charge in [0.1, 0.15) is 18.2 Å². The van der Waals surface area contributed by atoms with E-state index >= 15 is 0 Å². The summed E-state index contributed by atoms with van der Waals surface area (Å²) >= 11 is 0. The third-order valence-electron chi connectivity index (χ3n) is 8.54. The number of hydrogen-bond donors (Lipinski definition) is 2. The van der Waals surface area contributed by atoms with Gasteiger partial charge in [0.25, 0.3) is 5.92 Å². The normalized spacial score (nSPS) is 22.5. The Morgan fingerprint density at radius 1 is 1.15 bits per heavy atom. The molecule has 5 heterocycles. The number of aromatic nitrogens is 5. The van der Waals surface area contributed by atoms with Crippen molar-refractivity contribution in [1.82, 2.24) is 29.9 Å². The Balaban J connectivity index is 1.16. The second-order valence-corrected chi connectivity index (χ2v) is 11.6. The average Bonchev–Trinajstić information content (AvgIpc) is 3.75. The smallest absolute Gasteiger partial charge is 0.322 e. The number of anilines is 2. The molecule has 3 aromatic rings. The number of fused-ring (bicyclic) bond motifs is 1. The van der Waals surface area contributed by atoms with E-state index in [2.05, 4.69) is 25.4 Å². The molecule has 4 aliphatic rings. The number of pyridine rings is 1. The number of H-pyrrole nitrogens is 1. The summed E-state index contributed by atoms with van der Waals surface area (Å²) in [6.45, 7) is 1.00. The number of piperidine rings is 1. The number of methoxy groups -OCH3 is 1. The second-order valence-electron chi connectivity index (χ2n) is 11.6. The minimum absolute atomic E-state index is 0.0223. The number of rotatable bonds is 8. The maximum atomic E-state index is 14.9. The molecular weight excluding hydrogens is 529 g/mol. The molecule has 40 heavy (non-hydrogen) atoms. The molecule has 2 aliphatic carbocycles. The summed E-state index contributed by atoms with van der Waals surface area (Å²) in [6, 6.07) is 1.21. The van der Waals surface area contributed by atoms with E-state index in [-0.39, 0.29) is 25.9 Å².